The van der Waals surface area contributed by atoms with Gasteiger partial charge >= 0.3 is 0 Å². The van der Waals surface area contributed by atoms with Crippen LogP contribution >= 0.6 is 0 Å². The fourth-order valence-corrected chi connectivity index (χ4v) is 3.24. The SMILES string of the molecule is CCC1(CC)O[C@H]2[C@H](C)C[C@@](C)(O)C[C@H]2O1. The Morgan fingerprint density at radius 3 is 2.38 bits per heavy atom. The van der Waals surface area contributed by atoms with Crippen molar-refractivity contribution in [3.63, 3.8) is 0 Å². The minimum Gasteiger partial charge on any atom is -0.390 e. The van der Waals surface area contributed by atoms with Gasteiger partial charge in [0.1, 0.15) is 0 Å². The number of rotatable bonds is 2. The third-order valence-electron chi connectivity index (χ3n) is 4.12. The van der Waals surface area contributed by atoms with Gasteiger partial charge in [0.25, 0.3) is 0 Å². The summed E-state index contributed by atoms with van der Waals surface area (Å²) in [4.78, 5) is 0. The maximum absolute atomic E-state index is 10.2. The van der Waals surface area contributed by atoms with Crippen molar-refractivity contribution in [1.29, 1.82) is 0 Å². The zero-order chi connectivity index (χ0) is 12.0. The zero-order valence-electron chi connectivity index (χ0n) is 10.8. The van der Waals surface area contributed by atoms with Crippen molar-refractivity contribution in [1.82, 2.24) is 0 Å². The smallest absolute Gasteiger partial charge is 0.168 e. The van der Waals surface area contributed by atoms with Gasteiger partial charge in [-0.25, -0.2) is 0 Å². The molecule has 2 aliphatic rings. The van der Waals surface area contributed by atoms with Crippen LogP contribution in [0.15, 0.2) is 0 Å². The predicted octanol–water partition coefficient (Wildman–Crippen LogP) is 2.47. The monoisotopic (exact) mass is 228 g/mol. The summed E-state index contributed by atoms with van der Waals surface area (Å²) in [6, 6.07) is 0. The second kappa shape index (κ2) is 3.97. The first-order valence-electron chi connectivity index (χ1n) is 6.49. The molecule has 2 rings (SSSR count). The van der Waals surface area contributed by atoms with Gasteiger partial charge in [-0.3, -0.25) is 0 Å². The Morgan fingerprint density at radius 2 is 1.81 bits per heavy atom. The quantitative estimate of drug-likeness (QED) is 0.789. The van der Waals surface area contributed by atoms with Gasteiger partial charge in [-0.1, -0.05) is 20.8 Å². The lowest BCUT2D eigenvalue weighted by molar-refractivity contribution is -0.181. The number of fused-ring (bicyclic) bond motifs is 1. The Balaban J connectivity index is 2.15. The highest BCUT2D eigenvalue weighted by Crippen LogP contribution is 2.45. The van der Waals surface area contributed by atoms with Crippen LogP contribution in [0.1, 0.15) is 53.4 Å². The first-order valence-corrected chi connectivity index (χ1v) is 6.49. The second-order valence-corrected chi connectivity index (χ2v) is 5.74. The van der Waals surface area contributed by atoms with Crippen LogP contribution in [0.4, 0.5) is 0 Å². The summed E-state index contributed by atoms with van der Waals surface area (Å²) in [5.41, 5.74) is -0.596. The van der Waals surface area contributed by atoms with E-state index in [0.717, 1.165) is 19.3 Å². The number of hydrogen-bond acceptors (Lipinski definition) is 3. The lowest BCUT2D eigenvalue weighted by Gasteiger charge is -2.38. The summed E-state index contributed by atoms with van der Waals surface area (Å²) in [5, 5.41) is 10.2. The summed E-state index contributed by atoms with van der Waals surface area (Å²) in [5.74, 6) is -0.0296. The Bertz CT molecular complexity index is 258. The fraction of sp³-hybridized carbons (Fsp3) is 1.00. The standard InChI is InChI=1S/C13H24O3/c1-5-13(6-2)15-10-8-12(4,14)7-9(3)11(10)16-13/h9-11,14H,5-8H2,1-4H3/t9-,10-,11+,12-/m1/s1. The molecule has 3 heteroatoms. The van der Waals surface area contributed by atoms with E-state index in [2.05, 4.69) is 20.8 Å². The molecule has 0 spiro atoms. The Morgan fingerprint density at radius 1 is 1.19 bits per heavy atom. The maximum atomic E-state index is 10.2. The minimum atomic E-state index is -0.596. The molecule has 0 aromatic carbocycles. The van der Waals surface area contributed by atoms with Gasteiger partial charge in [-0.2, -0.15) is 0 Å². The Hall–Kier alpha value is -0.120. The number of ether oxygens (including phenoxy) is 2. The van der Waals surface area contributed by atoms with Gasteiger partial charge in [0.2, 0.25) is 0 Å². The highest BCUT2D eigenvalue weighted by molar-refractivity contribution is 4.97. The van der Waals surface area contributed by atoms with E-state index in [4.69, 9.17) is 9.47 Å². The molecule has 1 saturated heterocycles. The molecule has 0 amide bonds. The Kier molecular flexibility index (Phi) is 3.06. The number of aliphatic hydroxyl groups is 1. The average molecular weight is 228 g/mol. The van der Waals surface area contributed by atoms with E-state index in [-0.39, 0.29) is 12.2 Å². The molecule has 0 aromatic rings. The van der Waals surface area contributed by atoms with Gasteiger partial charge in [0.05, 0.1) is 17.8 Å². The molecule has 4 atom stereocenters. The third-order valence-corrected chi connectivity index (χ3v) is 4.12. The van der Waals surface area contributed by atoms with E-state index in [1.54, 1.807) is 0 Å². The van der Waals surface area contributed by atoms with Crippen molar-refractivity contribution < 1.29 is 14.6 Å². The molecule has 2 fully saturated rings. The Labute approximate surface area is 98.1 Å². The van der Waals surface area contributed by atoms with E-state index in [0.29, 0.717) is 12.3 Å². The molecular weight excluding hydrogens is 204 g/mol. The van der Waals surface area contributed by atoms with E-state index in [1.807, 2.05) is 6.92 Å². The van der Waals surface area contributed by atoms with Gasteiger partial charge in [0.15, 0.2) is 5.79 Å². The van der Waals surface area contributed by atoms with Crippen molar-refractivity contribution in [2.45, 2.75) is 77.0 Å². The van der Waals surface area contributed by atoms with Crippen molar-refractivity contribution in [3.05, 3.63) is 0 Å². The molecule has 3 nitrogen and oxygen atoms in total. The van der Waals surface area contributed by atoms with Crippen LogP contribution in [0.5, 0.6) is 0 Å². The predicted molar refractivity (Wildman–Crippen MR) is 62.1 cm³/mol. The minimum absolute atomic E-state index is 0.0682. The molecule has 94 valence electrons. The van der Waals surface area contributed by atoms with E-state index in [9.17, 15) is 5.11 Å². The normalized spacial score (nSPS) is 46.7. The van der Waals surface area contributed by atoms with Crippen molar-refractivity contribution in [3.8, 4) is 0 Å². The van der Waals surface area contributed by atoms with Gasteiger partial charge in [-0.15, -0.1) is 0 Å². The van der Waals surface area contributed by atoms with Gasteiger partial charge in [-0.05, 0) is 32.1 Å². The van der Waals surface area contributed by atoms with Crippen LogP contribution in [0, 0.1) is 5.92 Å². The third kappa shape index (κ3) is 2.01. The number of hydrogen-bond donors (Lipinski definition) is 1. The first-order chi connectivity index (χ1) is 7.41. The molecule has 0 unspecified atom stereocenters. The van der Waals surface area contributed by atoms with Crippen molar-refractivity contribution in [2.24, 2.45) is 5.92 Å². The van der Waals surface area contributed by atoms with Crippen LogP contribution in [-0.4, -0.2) is 28.7 Å². The second-order valence-electron chi connectivity index (χ2n) is 5.74. The molecule has 1 N–H and O–H groups in total. The lowest BCUT2D eigenvalue weighted by atomic mass is 9.77. The van der Waals surface area contributed by atoms with Crippen molar-refractivity contribution >= 4 is 0 Å². The van der Waals surface area contributed by atoms with Crippen LogP contribution in [0.3, 0.4) is 0 Å². The molecule has 1 saturated carbocycles. The zero-order valence-corrected chi connectivity index (χ0v) is 10.8. The van der Waals surface area contributed by atoms with Gasteiger partial charge in [0, 0.05) is 6.42 Å². The molecule has 1 aliphatic heterocycles. The summed E-state index contributed by atoms with van der Waals surface area (Å²) in [7, 11) is 0. The van der Waals surface area contributed by atoms with Crippen LogP contribution < -0.4 is 0 Å². The van der Waals surface area contributed by atoms with E-state index in [1.165, 1.54) is 0 Å². The van der Waals surface area contributed by atoms with Crippen LogP contribution in [0.2, 0.25) is 0 Å². The van der Waals surface area contributed by atoms with Crippen LogP contribution in [0.25, 0.3) is 0 Å². The molecule has 0 radical (unpaired) electrons. The maximum Gasteiger partial charge on any atom is 0.168 e. The molecule has 0 bridgehead atoms. The molecule has 16 heavy (non-hydrogen) atoms. The molecule has 1 heterocycles. The van der Waals surface area contributed by atoms with E-state index < -0.39 is 11.4 Å². The van der Waals surface area contributed by atoms with E-state index >= 15 is 0 Å². The summed E-state index contributed by atoms with van der Waals surface area (Å²) in [6.07, 6.45) is 3.50. The van der Waals surface area contributed by atoms with Gasteiger partial charge < -0.3 is 14.6 Å². The summed E-state index contributed by atoms with van der Waals surface area (Å²) < 4.78 is 12.2. The first kappa shape index (κ1) is 12.3. The summed E-state index contributed by atoms with van der Waals surface area (Å²) >= 11 is 0. The molecule has 1 aliphatic carbocycles. The average Bonchev–Trinajstić information content (AvgIpc) is 2.56. The highest BCUT2D eigenvalue weighted by atomic mass is 16.8. The van der Waals surface area contributed by atoms with Crippen molar-refractivity contribution in [2.75, 3.05) is 0 Å². The molecular formula is C13H24O3. The lowest BCUT2D eigenvalue weighted by Crippen LogP contribution is -2.45. The fourth-order valence-electron chi connectivity index (χ4n) is 3.24. The molecule has 0 aromatic heterocycles. The largest absolute Gasteiger partial charge is 0.390 e. The topological polar surface area (TPSA) is 38.7 Å². The highest BCUT2D eigenvalue weighted by Gasteiger charge is 2.52. The summed E-state index contributed by atoms with van der Waals surface area (Å²) in [6.45, 7) is 8.25. The van der Waals surface area contributed by atoms with Crippen LogP contribution in [-0.2, 0) is 9.47 Å².